The number of allylic oxidation sites excluding steroid dienone is 1. The number of phenols is 1. The van der Waals surface area contributed by atoms with E-state index in [-0.39, 0.29) is 35.6 Å². The van der Waals surface area contributed by atoms with Crippen LogP contribution in [0.25, 0.3) is 5.76 Å². The number of nitrogens with zero attached hydrogens (tertiary/aromatic N) is 2. The van der Waals surface area contributed by atoms with Gasteiger partial charge in [0.15, 0.2) is 11.4 Å². The van der Waals surface area contributed by atoms with Crippen molar-refractivity contribution in [2.45, 2.75) is 31.3 Å². The van der Waals surface area contributed by atoms with Crippen molar-refractivity contribution in [1.29, 1.82) is 0 Å². The Hall–Kier alpha value is -4.19. The number of carbonyl (C=O) groups is 4. The minimum Gasteiger partial charge on any atom is -0.507 e. The van der Waals surface area contributed by atoms with Gasteiger partial charge >= 0.3 is 0 Å². The molecule has 1 aliphatic heterocycles. The van der Waals surface area contributed by atoms with E-state index in [0.29, 0.717) is 30.6 Å². The Labute approximate surface area is 203 Å². The number of ketones is 2. The maximum absolute atomic E-state index is 13.7. The number of oxime groups is 1. The molecule has 0 bridgehead atoms. The van der Waals surface area contributed by atoms with E-state index in [1.54, 1.807) is 11.0 Å². The molecule has 188 valence electrons. The lowest BCUT2D eigenvalue weighted by Crippen LogP contribution is -2.64. The van der Waals surface area contributed by atoms with Crippen LogP contribution in [-0.2, 0) is 30.4 Å². The molecule has 1 aromatic carbocycles. The number of Topliss-reactive ketones (excluding diaryl/α,β-unsaturated/α-hetero) is 2. The number of carbonyl (C=O) groups excluding carboxylic acids is 4. The van der Waals surface area contributed by atoms with Crippen LogP contribution >= 0.6 is 0 Å². The molecule has 0 radical (unpaired) electrons. The zero-order valence-electron chi connectivity index (χ0n) is 19.1. The van der Waals surface area contributed by atoms with Gasteiger partial charge in [-0.15, -0.1) is 0 Å². The molecule has 0 unspecified atom stereocenters. The Bertz CT molecular complexity index is 1360. The molecule has 36 heavy (non-hydrogen) atoms. The van der Waals surface area contributed by atoms with E-state index in [9.17, 15) is 39.6 Å². The van der Waals surface area contributed by atoms with Gasteiger partial charge in [-0.2, -0.15) is 0 Å². The van der Waals surface area contributed by atoms with Crippen LogP contribution in [0.4, 0.5) is 5.69 Å². The largest absolute Gasteiger partial charge is 0.507 e. The minimum atomic E-state index is -2.90. The summed E-state index contributed by atoms with van der Waals surface area (Å²) in [6.07, 6.45) is 0.911. The second-order valence-electron chi connectivity index (χ2n) is 9.23. The molecule has 12 nitrogen and oxygen atoms in total. The predicted octanol–water partition coefficient (Wildman–Crippen LogP) is 0.163. The van der Waals surface area contributed by atoms with Crippen LogP contribution in [0.3, 0.4) is 0 Å². The quantitative estimate of drug-likeness (QED) is 0.219. The SMILES string of the molecule is CO/N=C1\C(O)=C(C(N)=O)C(=O)[C@@]2(O)C(=O)C3=C(O)c4c(O)ccc(N5CCCC5=O)c4C[C@H]3C[C@@H]12. The summed E-state index contributed by atoms with van der Waals surface area (Å²) in [7, 11) is 1.14. The Morgan fingerprint density at radius 2 is 1.89 bits per heavy atom. The molecule has 1 saturated carbocycles. The van der Waals surface area contributed by atoms with Gasteiger partial charge < -0.3 is 35.9 Å². The fraction of sp³-hybridized carbons (Fsp3) is 0.375. The van der Waals surface area contributed by atoms with Crippen molar-refractivity contribution in [2.24, 2.45) is 22.7 Å². The van der Waals surface area contributed by atoms with E-state index in [1.807, 2.05) is 0 Å². The molecule has 2 fully saturated rings. The normalized spacial score (nSPS) is 28.9. The number of aromatic hydroxyl groups is 1. The highest BCUT2D eigenvalue weighted by Crippen LogP contribution is 2.52. The smallest absolute Gasteiger partial charge is 0.256 e. The van der Waals surface area contributed by atoms with Gasteiger partial charge in [-0.25, -0.2) is 0 Å². The molecule has 6 N–H and O–H groups in total. The Morgan fingerprint density at radius 1 is 1.17 bits per heavy atom. The number of rotatable bonds is 3. The average Bonchev–Trinajstić information content (AvgIpc) is 3.24. The Balaban J connectivity index is 1.71. The Kier molecular flexibility index (Phi) is 5.18. The lowest BCUT2D eigenvalue weighted by atomic mass is 9.58. The first-order valence-electron chi connectivity index (χ1n) is 11.3. The Morgan fingerprint density at radius 3 is 2.50 bits per heavy atom. The topological polar surface area (TPSA) is 200 Å². The zero-order valence-corrected chi connectivity index (χ0v) is 19.1. The van der Waals surface area contributed by atoms with E-state index < -0.39 is 57.7 Å². The molecular weight excluding hydrogens is 474 g/mol. The van der Waals surface area contributed by atoms with Crippen molar-refractivity contribution < 1.29 is 44.4 Å². The summed E-state index contributed by atoms with van der Waals surface area (Å²) < 4.78 is 0. The summed E-state index contributed by atoms with van der Waals surface area (Å²) in [5, 5.41) is 47.5. The standard InChI is InChI=1S/C24H23N3O9/c1-36-26-18-11-8-9-7-10-12(27-6-2-3-14(27)29)4-5-13(28)16(10)19(30)15(9)21(32)24(11,35)22(33)17(20(18)31)23(25)34/h4-5,9,11,28,30-31,35H,2-3,6-8H2,1H3,(H2,25,34)/b26-18-/t9-,11-,24-/m0/s1. The molecule has 3 atom stereocenters. The highest BCUT2D eigenvalue weighted by molar-refractivity contribution is 6.38. The summed E-state index contributed by atoms with van der Waals surface area (Å²) in [6, 6.07) is 2.86. The van der Waals surface area contributed by atoms with Crippen LogP contribution in [0.2, 0.25) is 0 Å². The second kappa shape index (κ2) is 7.92. The molecular formula is C24H23N3O9. The van der Waals surface area contributed by atoms with Crippen LogP contribution in [0.15, 0.2) is 34.2 Å². The lowest BCUT2D eigenvalue weighted by Gasteiger charge is -2.45. The maximum atomic E-state index is 13.7. The molecule has 1 saturated heterocycles. The lowest BCUT2D eigenvalue weighted by molar-refractivity contribution is -0.153. The number of aliphatic hydroxyl groups is 3. The van der Waals surface area contributed by atoms with Gasteiger partial charge in [0.05, 0.1) is 11.5 Å². The van der Waals surface area contributed by atoms with E-state index in [4.69, 9.17) is 10.6 Å². The number of aliphatic hydroxyl groups excluding tert-OH is 2. The molecule has 3 aliphatic carbocycles. The first-order valence-corrected chi connectivity index (χ1v) is 11.3. The molecule has 12 heteroatoms. The monoisotopic (exact) mass is 497 g/mol. The van der Waals surface area contributed by atoms with Gasteiger partial charge in [-0.05, 0) is 42.9 Å². The van der Waals surface area contributed by atoms with Crippen molar-refractivity contribution in [1.82, 2.24) is 0 Å². The van der Waals surface area contributed by atoms with Gasteiger partial charge in [0.25, 0.3) is 5.91 Å². The van der Waals surface area contributed by atoms with Gasteiger partial charge in [-0.3, -0.25) is 19.2 Å². The summed E-state index contributed by atoms with van der Waals surface area (Å²) >= 11 is 0. The number of nitrogens with two attached hydrogens (primary N) is 1. The second-order valence-corrected chi connectivity index (χ2v) is 9.23. The van der Waals surface area contributed by atoms with E-state index in [2.05, 4.69) is 5.16 Å². The number of anilines is 1. The molecule has 5 rings (SSSR count). The number of phenolic OH excluding ortho intramolecular Hbond substituents is 1. The fourth-order valence-electron chi connectivity index (χ4n) is 5.84. The number of amides is 2. The third-order valence-electron chi connectivity index (χ3n) is 7.42. The molecule has 1 aromatic rings. The maximum Gasteiger partial charge on any atom is 0.256 e. The fourth-order valence-corrected chi connectivity index (χ4v) is 5.84. The number of hydrogen-bond acceptors (Lipinski definition) is 10. The average molecular weight is 497 g/mol. The van der Waals surface area contributed by atoms with Crippen molar-refractivity contribution in [3.05, 3.63) is 40.2 Å². The first-order chi connectivity index (χ1) is 17.0. The van der Waals surface area contributed by atoms with Crippen molar-refractivity contribution >= 4 is 40.5 Å². The van der Waals surface area contributed by atoms with Crippen molar-refractivity contribution in [2.75, 3.05) is 18.6 Å². The summed E-state index contributed by atoms with van der Waals surface area (Å²) in [6.45, 7) is 0.451. The van der Waals surface area contributed by atoms with Gasteiger partial charge in [0, 0.05) is 24.2 Å². The van der Waals surface area contributed by atoms with E-state index >= 15 is 0 Å². The third kappa shape index (κ3) is 2.94. The number of primary amides is 1. The number of benzene rings is 1. The van der Waals surface area contributed by atoms with Crippen LogP contribution in [0.1, 0.15) is 30.4 Å². The molecule has 4 aliphatic rings. The van der Waals surface area contributed by atoms with Gasteiger partial charge in [0.1, 0.15) is 29.9 Å². The van der Waals surface area contributed by atoms with Crippen LogP contribution < -0.4 is 10.6 Å². The summed E-state index contributed by atoms with van der Waals surface area (Å²) in [5.74, 6) is -8.20. The zero-order chi connectivity index (χ0) is 26.1. The van der Waals surface area contributed by atoms with E-state index in [0.717, 1.165) is 7.11 Å². The number of hydrogen-bond donors (Lipinski definition) is 5. The predicted molar refractivity (Wildman–Crippen MR) is 123 cm³/mol. The molecule has 2 amide bonds. The molecule has 0 aromatic heterocycles. The summed E-state index contributed by atoms with van der Waals surface area (Å²) in [4.78, 5) is 57.5. The third-order valence-corrected chi connectivity index (χ3v) is 7.42. The first kappa shape index (κ1) is 23.5. The van der Waals surface area contributed by atoms with Crippen LogP contribution in [0.5, 0.6) is 5.75 Å². The molecule has 1 heterocycles. The van der Waals surface area contributed by atoms with Gasteiger partial charge in [-0.1, -0.05) is 5.16 Å². The number of fused-ring (bicyclic) bond motifs is 3. The highest BCUT2D eigenvalue weighted by atomic mass is 16.6. The van der Waals surface area contributed by atoms with Crippen molar-refractivity contribution in [3.8, 4) is 5.75 Å². The van der Waals surface area contributed by atoms with E-state index in [1.165, 1.54) is 6.07 Å². The van der Waals surface area contributed by atoms with Crippen LogP contribution in [0, 0.1) is 11.8 Å². The van der Waals surface area contributed by atoms with Gasteiger partial charge in [0.2, 0.25) is 17.5 Å². The molecule has 0 spiro atoms. The van der Waals surface area contributed by atoms with Crippen LogP contribution in [-0.4, -0.2) is 68.8 Å². The summed E-state index contributed by atoms with van der Waals surface area (Å²) in [5.41, 5.74) is 1.45. The highest BCUT2D eigenvalue weighted by Gasteiger charge is 2.64. The minimum absolute atomic E-state index is 0.0716. The van der Waals surface area contributed by atoms with Crippen molar-refractivity contribution in [3.63, 3.8) is 0 Å².